The minimum Gasteiger partial charge on any atom is -0.414 e. The molecule has 5 atom stereocenters. The lowest BCUT2D eigenvalue weighted by atomic mass is 9.98. The van der Waals surface area contributed by atoms with Gasteiger partial charge < -0.3 is 28.8 Å². The monoisotopic (exact) mass is 474 g/mol. The number of hydrogen-bond donors (Lipinski definition) is 2. The van der Waals surface area contributed by atoms with Crippen molar-refractivity contribution in [3.63, 3.8) is 0 Å². The summed E-state index contributed by atoms with van der Waals surface area (Å²) < 4.78 is 24.2. The summed E-state index contributed by atoms with van der Waals surface area (Å²) in [4.78, 5) is 0. The molecule has 2 aromatic carbocycles. The Kier molecular flexibility index (Phi) is 8.86. The lowest BCUT2D eigenvalue weighted by molar-refractivity contribution is -0.306. The number of benzene rings is 2. The molecule has 1 fully saturated rings. The van der Waals surface area contributed by atoms with Crippen molar-refractivity contribution in [2.24, 2.45) is 0 Å². The molecule has 2 N–H and O–H groups in total. The number of rotatable bonds is 9. The van der Waals surface area contributed by atoms with Gasteiger partial charge in [0.25, 0.3) is 0 Å². The first kappa shape index (κ1) is 26.0. The number of ether oxygens (including phenoxy) is 3. The third kappa shape index (κ3) is 6.96. The summed E-state index contributed by atoms with van der Waals surface area (Å²) in [6.07, 6.45) is -4.58. The topological polar surface area (TPSA) is 77.4 Å². The van der Waals surface area contributed by atoms with Crippen LogP contribution in [0.5, 0.6) is 0 Å². The molecular formula is C26H38O6Si. The minimum absolute atomic E-state index is 0.0236. The van der Waals surface area contributed by atoms with Crippen LogP contribution in [0.25, 0.3) is 0 Å². The molecule has 1 heterocycles. The Balaban J connectivity index is 1.72. The van der Waals surface area contributed by atoms with Gasteiger partial charge in [-0.1, -0.05) is 81.4 Å². The van der Waals surface area contributed by atoms with E-state index in [1.807, 2.05) is 60.7 Å². The van der Waals surface area contributed by atoms with Gasteiger partial charge in [-0.3, -0.25) is 0 Å². The average Bonchev–Trinajstić information content (AvgIpc) is 2.78. The molecule has 2 aromatic rings. The van der Waals surface area contributed by atoms with Crippen molar-refractivity contribution in [2.45, 2.75) is 82.8 Å². The summed E-state index contributed by atoms with van der Waals surface area (Å²) >= 11 is 0. The summed E-state index contributed by atoms with van der Waals surface area (Å²) in [5.74, 6) is 0. The third-order valence-electron chi connectivity index (χ3n) is 6.62. The van der Waals surface area contributed by atoms with E-state index in [-0.39, 0.29) is 24.9 Å². The molecule has 0 radical (unpaired) electrons. The predicted molar refractivity (Wildman–Crippen MR) is 130 cm³/mol. The molecule has 6 nitrogen and oxygen atoms in total. The van der Waals surface area contributed by atoms with E-state index in [1.165, 1.54) is 0 Å². The largest absolute Gasteiger partial charge is 0.414 e. The summed E-state index contributed by atoms with van der Waals surface area (Å²) in [5.41, 5.74) is 1.94. The van der Waals surface area contributed by atoms with Gasteiger partial charge in [0, 0.05) is 0 Å². The van der Waals surface area contributed by atoms with Crippen LogP contribution in [0.4, 0.5) is 0 Å². The Labute approximate surface area is 198 Å². The van der Waals surface area contributed by atoms with E-state index in [9.17, 15) is 10.2 Å². The maximum Gasteiger partial charge on any atom is 0.192 e. The lowest BCUT2D eigenvalue weighted by Gasteiger charge is -2.44. The fourth-order valence-corrected chi connectivity index (χ4v) is 4.47. The first-order valence-corrected chi connectivity index (χ1v) is 14.5. The number of aliphatic hydroxyl groups excluding tert-OH is 2. The molecule has 0 saturated carbocycles. The van der Waals surface area contributed by atoms with Gasteiger partial charge in [0.1, 0.15) is 24.4 Å². The first-order chi connectivity index (χ1) is 15.6. The molecule has 33 heavy (non-hydrogen) atoms. The highest BCUT2D eigenvalue weighted by Crippen LogP contribution is 2.37. The molecule has 1 saturated heterocycles. The van der Waals surface area contributed by atoms with Crippen LogP contribution < -0.4 is 0 Å². The van der Waals surface area contributed by atoms with Gasteiger partial charge in [-0.25, -0.2) is 0 Å². The second-order valence-electron chi connectivity index (χ2n) is 10.1. The Morgan fingerprint density at radius 3 is 1.79 bits per heavy atom. The highest BCUT2D eigenvalue weighted by atomic mass is 28.4. The van der Waals surface area contributed by atoms with Crippen LogP contribution >= 0.6 is 0 Å². The Hall–Kier alpha value is -1.58. The Morgan fingerprint density at radius 2 is 1.30 bits per heavy atom. The minimum atomic E-state index is -2.05. The fourth-order valence-electron chi connectivity index (χ4n) is 3.45. The van der Waals surface area contributed by atoms with Gasteiger partial charge >= 0.3 is 0 Å². The zero-order chi connectivity index (χ0) is 24.1. The van der Waals surface area contributed by atoms with Crippen LogP contribution in [0.3, 0.4) is 0 Å². The molecule has 7 heteroatoms. The van der Waals surface area contributed by atoms with Crippen LogP contribution in [0.15, 0.2) is 60.7 Å². The van der Waals surface area contributed by atoms with Crippen molar-refractivity contribution >= 4 is 8.32 Å². The molecule has 1 aliphatic heterocycles. The number of aliphatic hydroxyl groups is 2. The van der Waals surface area contributed by atoms with Crippen LogP contribution in [0.1, 0.15) is 31.9 Å². The first-order valence-electron chi connectivity index (χ1n) is 11.5. The second kappa shape index (κ2) is 11.2. The van der Waals surface area contributed by atoms with Crippen molar-refractivity contribution in [1.82, 2.24) is 0 Å². The average molecular weight is 475 g/mol. The van der Waals surface area contributed by atoms with Crippen LogP contribution in [-0.4, -0.2) is 55.8 Å². The molecule has 182 valence electrons. The van der Waals surface area contributed by atoms with E-state index < -0.39 is 39.0 Å². The van der Waals surface area contributed by atoms with Crippen molar-refractivity contribution in [3.05, 3.63) is 71.8 Å². The Morgan fingerprint density at radius 1 is 0.818 bits per heavy atom. The SMILES string of the molecule is CC(C)(C)[Si](C)(C)OC[C@H]1O[C@H](O)[C@@H](OCc2ccccc2)[C@@H](OCc2ccccc2)[C@@H]1O. The number of hydrogen-bond acceptors (Lipinski definition) is 6. The van der Waals surface area contributed by atoms with Gasteiger partial charge in [0.2, 0.25) is 0 Å². The van der Waals surface area contributed by atoms with E-state index in [1.54, 1.807) is 0 Å². The Bertz CT molecular complexity index is 839. The molecule has 0 unspecified atom stereocenters. The molecule has 1 aliphatic rings. The quantitative estimate of drug-likeness (QED) is 0.529. The smallest absolute Gasteiger partial charge is 0.192 e. The maximum absolute atomic E-state index is 11.2. The van der Waals surface area contributed by atoms with E-state index >= 15 is 0 Å². The van der Waals surface area contributed by atoms with Crippen molar-refractivity contribution in [1.29, 1.82) is 0 Å². The normalized spacial score (nSPS) is 26.3. The molecule has 3 rings (SSSR count). The van der Waals surface area contributed by atoms with E-state index in [2.05, 4.69) is 33.9 Å². The van der Waals surface area contributed by atoms with Gasteiger partial charge in [-0.05, 0) is 29.3 Å². The maximum atomic E-state index is 11.2. The van der Waals surface area contributed by atoms with Crippen LogP contribution in [0.2, 0.25) is 18.1 Å². The molecule has 0 amide bonds. The van der Waals surface area contributed by atoms with Crippen LogP contribution in [-0.2, 0) is 31.9 Å². The summed E-state index contributed by atoms with van der Waals surface area (Å²) in [5, 5.41) is 22.0. The fraction of sp³-hybridized carbons (Fsp3) is 0.538. The highest BCUT2D eigenvalue weighted by molar-refractivity contribution is 6.74. The standard InChI is InChI=1S/C26H38O6Si/c1-26(2,3)33(4,5)31-18-21-22(27)23(29-16-19-12-8-6-9-13-19)24(25(28)32-21)30-17-20-14-10-7-11-15-20/h6-15,21-25,27-28H,16-18H2,1-5H3/t21-,22-,23+,24+,25+/m1/s1. The lowest BCUT2D eigenvalue weighted by Crippen LogP contribution is -2.61. The van der Waals surface area contributed by atoms with Gasteiger partial charge in [0.15, 0.2) is 14.6 Å². The summed E-state index contributed by atoms with van der Waals surface area (Å²) in [6.45, 7) is 11.5. The van der Waals surface area contributed by atoms with E-state index in [0.717, 1.165) is 11.1 Å². The van der Waals surface area contributed by atoms with Crippen molar-refractivity contribution < 1.29 is 28.8 Å². The summed E-state index contributed by atoms with van der Waals surface area (Å²) in [7, 11) is -2.05. The predicted octanol–water partition coefficient (Wildman–Crippen LogP) is 4.26. The zero-order valence-electron chi connectivity index (χ0n) is 20.3. The second-order valence-corrected chi connectivity index (χ2v) is 15.0. The van der Waals surface area contributed by atoms with E-state index in [4.69, 9.17) is 18.6 Å². The van der Waals surface area contributed by atoms with Gasteiger partial charge in [-0.15, -0.1) is 0 Å². The van der Waals surface area contributed by atoms with Crippen molar-refractivity contribution in [2.75, 3.05) is 6.61 Å². The van der Waals surface area contributed by atoms with Crippen molar-refractivity contribution in [3.8, 4) is 0 Å². The zero-order valence-corrected chi connectivity index (χ0v) is 21.3. The molecule has 0 bridgehead atoms. The van der Waals surface area contributed by atoms with Crippen LogP contribution in [0, 0.1) is 0 Å². The molecule has 0 spiro atoms. The highest BCUT2D eigenvalue weighted by Gasteiger charge is 2.47. The molecular weight excluding hydrogens is 436 g/mol. The third-order valence-corrected chi connectivity index (χ3v) is 11.1. The summed E-state index contributed by atoms with van der Waals surface area (Å²) in [6, 6.07) is 19.4. The van der Waals surface area contributed by atoms with E-state index in [0.29, 0.717) is 0 Å². The molecule has 0 aromatic heterocycles. The van der Waals surface area contributed by atoms with Gasteiger partial charge in [0.05, 0.1) is 19.8 Å². The molecule has 0 aliphatic carbocycles. The van der Waals surface area contributed by atoms with Gasteiger partial charge in [-0.2, -0.15) is 0 Å².